The van der Waals surface area contributed by atoms with Gasteiger partial charge in [0.25, 0.3) is 0 Å². The molecule has 4 N–H and O–H groups in total. The summed E-state index contributed by atoms with van der Waals surface area (Å²) in [6.45, 7) is 7.18. The Morgan fingerprint density at radius 3 is 2.64 bits per heavy atom. The van der Waals surface area contributed by atoms with Crippen molar-refractivity contribution in [3.8, 4) is 0 Å². The van der Waals surface area contributed by atoms with Gasteiger partial charge in [-0.15, -0.1) is 6.58 Å². The van der Waals surface area contributed by atoms with Crippen molar-refractivity contribution in [2.24, 2.45) is 5.92 Å². The quantitative estimate of drug-likeness (QED) is 0.441. The fourth-order valence-electron chi connectivity index (χ4n) is 4.43. The zero-order chi connectivity index (χ0) is 20.3. The summed E-state index contributed by atoms with van der Waals surface area (Å²) < 4.78 is 0. The Kier molecular flexibility index (Phi) is 5.87. The van der Waals surface area contributed by atoms with E-state index in [4.69, 9.17) is 10.2 Å². The molecule has 0 radical (unpaired) electrons. The Morgan fingerprint density at radius 2 is 2.00 bits per heavy atom. The van der Waals surface area contributed by atoms with E-state index >= 15 is 0 Å². The van der Waals surface area contributed by atoms with Crippen LogP contribution in [0.4, 0.5) is 0 Å². The van der Waals surface area contributed by atoms with Gasteiger partial charge < -0.3 is 20.8 Å². The molecule has 2 heterocycles. The van der Waals surface area contributed by atoms with Crippen LogP contribution in [-0.2, 0) is 9.59 Å². The molecule has 6 nitrogen and oxygen atoms in total. The molecule has 0 bridgehead atoms. The number of carbonyl (C=O) groups is 2. The molecule has 0 amide bonds. The fourth-order valence-corrected chi connectivity index (χ4v) is 4.43. The summed E-state index contributed by atoms with van der Waals surface area (Å²) in [7, 11) is 0. The van der Waals surface area contributed by atoms with E-state index in [0.29, 0.717) is 24.1 Å². The first-order valence-corrected chi connectivity index (χ1v) is 9.50. The lowest BCUT2D eigenvalue weighted by Crippen LogP contribution is -2.40. The average molecular weight is 382 g/mol. The Hall–Kier alpha value is -3.02. The smallest absolute Gasteiger partial charge is 0.328 e. The summed E-state index contributed by atoms with van der Waals surface area (Å²) in [6, 6.07) is 0.518. The molecule has 0 spiro atoms. The van der Waals surface area contributed by atoms with Gasteiger partial charge >= 0.3 is 11.9 Å². The SMILES string of the molecule is C=CCC1NC(C)=CC2=C3CCC=C4NCC(=C43)CC21.O=C(O)/C=C\C(=O)O. The van der Waals surface area contributed by atoms with Gasteiger partial charge in [0.2, 0.25) is 0 Å². The Bertz CT molecular complexity index is 842. The molecule has 0 aromatic carbocycles. The zero-order valence-electron chi connectivity index (χ0n) is 16.0. The number of fused-ring (bicyclic) bond motifs is 1. The van der Waals surface area contributed by atoms with Gasteiger partial charge in [-0.25, -0.2) is 9.59 Å². The van der Waals surface area contributed by atoms with Gasteiger partial charge in [0.15, 0.2) is 0 Å². The van der Waals surface area contributed by atoms with Crippen LogP contribution < -0.4 is 10.6 Å². The van der Waals surface area contributed by atoms with Crippen LogP contribution in [0.15, 0.2) is 70.6 Å². The minimum atomic E-state index is -1.26. The highest BCUT2D eigenvalue weighted by Crippen LogP contribution is 2.47. The van der Waals surface area contributed by atoms with E-state index in [-0.39, 0.29) is 0 Å². The normalized spacial score (nSPS) is 24.8. The van der Waals surface area contributed by atoms with Crippen molar-refractivity contribution in [1.29, 1.82) is 0 Å². The summed E-state index contributed by atoms with van der Waals surface area (Å²) in [5.41, 5.74) is 9.11. The third-order valence-corrected chi connectivity index (χ3v) is 5.43. The van der Waals surface area contributed by atoms with Crippen LogP contribution in [0.3, 0.4) is 0 Å². The van der Waals surface area contributed by atoms with Crippen LogP contribution in [0, 0.1) is 5.92 Å². The largest absolute Gasteiger partial charge is 0.478 e. The van der Waals surface area contributed by atoms with Gasteiger partial charge in [-0.05, 0) is 55.4 Å². The van der Waals surface area contributed by atoms with Gasteiger partial charge in [0.1, 0.15) is 0 Å². The van der Waals surface area contributed by atoms with Gasteiger partial charge in [-0.1, -0.05) is 12.2 Å². The Labute approximate surface area is 164 Å². The van der Waals surface area contributed by atoms with E-state index in [1.807, 2.05) is 0 Å². The molecule has 0 saturated carbocycles. The standard InChI is InChI=1S/C18H22N2.C4H4O4/c1-3-5-16-15-9-12-10-19-17-7-4-6-13(18(12)17)14(15)8-11(2)20-16;5-3(6)1-2-4(7)8/h3,7-8,15-16,19-20H,1,4-6,9-10H2,2H3;1-2H,(H,5,6)(H,7,8)/b;2-1-. The lowest BCUT2D eigenvalue weighted by atomic mass is 9.71. The van der Waals surface area contributed by atoms with Gasteiger partial charge in [0.05, 0.1) is 0 Å². The molecule has 148 valence electrons. The minimum absolute atomic E-state index is 0.518. The summed E-state index contributed by atoms with van der Waals surface area (Å²) in [6.07, 6.45) is 12.6. The highest BCUT2D eigenvalue weighted by atomic mass is 16.4. The van der Waals surface area contributed by atoms with Crippen LogP contribution in [0.5, 0.6) is 0 Å². The molecule has 4 aliphatic rings. The number of hydrogen-bond donors (Lipinski definition) is 4. The van der Waals surface area contributed by atoms with Gasteiger partial charge in [-0.2, -0.15) is 0 Å². The second-order valence-electron chi connectivity index (χ2n) is 7.35. The van der Waals surface area contributed by atoms with Crippen LogP contribution in [0.25, 0.3) is 0 Å². The number of aliphatic carboxylic acids is 2. The van der Waals surface area contributed by atoms with Crippen molar-refractivity contribution in [3.63, 3.8) is 0 Å². The van der Waals surface area contributed by atoms with Crippen molar-refractivity contribution in [3.05, 3.63) is 70.6 Å². The molecule has 0 aromatic rings. The minimum Gasteiger partial charge on any atom is -0.478 e. The summed E-state index contributed by atoms with van der Waals surface area (Å²) in [5, 5.41) is 22.9. The number of nitrogens with one attached hydrogen (secondary N) is 2. The monoisotopic (exact) mass is 382 g/mol. The maximum Gasteiger partial charge on any atom is 0.328 e. The van der Waals surface area contributed by atoms with E-state index in [9.17, 15) is 9.59 Å². The number of rotatable bonds is 4. The summed E-state index contributed by atoms with van der Waals surface area (Å²) in [4.78, 5) is 19.1. The van der Waals surface area contributed by atoms with E-state index in [2.05, 4.69) is 42.4 Å². The van der Waals surface area contributed by atoms with Crippen LogP contribution in [0.2, 0.25) is 0 Å². The summed E-state index contributed by atoms with van der Waals surface area (Å²) >= 11 is 0. The van der Waals surface area contributed by atoms with Crippen molar-refractivity contribution in [2.75, 3.05) is 6.54 Å². The number of carboxylic acid groups (broad SMARTS) is 2. The topological polar surface area (TPSA) is 98.7 Å². The second kappa shape index (κ2) is 8.33. The van der Waals surface area contributed by atoms with Crippen LogP contribution >= 0.6 is 0 Å². The maximum absolute atomic E-state index is 9.55. The predicted molar refractivity (Wildman–Crippen MR) is 107 cm³/mol. The molecular weight excluding hydrogens is 356 g/mol. The van der Waals surface area contributed by atoms with E-state index in [1.165, 1.54) is 30.7 Å². The third kappa shape index (κ3) is 4.11. The number of allylic oxidation sites excluding steroid dienone is 4. The van der Waals surface area contributed by atoms with Crippen LogP contribution in [0.1, 0.15) is 32.6 Å². The van der Waals surface area contributed by atoms with Crippen molar-refractivity contribution >= 4 is 11.9 Å². The summed E-state index contributed by atoms with van der Waals surface area (Å²) in [5.74, 6) is -1.88. The second-order valence-corrected chi connectivity index (χ2v) is 7.35. The highest BCUT2D eigenvalue weighted by molar-refractivity contribution is 5.89. The van der Waals surface area contributed by atoms with Crippen molar-refractivity contribution < 1.29 is 19.8 Å². The molecule has 0 fully saturated rings. The predicted octanol–water partition coefficient (Wildman–Crippen LogP) is 3.04. The molecule has 0 saturated heterocycles. The average Bonchev–Trinajstić information content (AvgIpc) is 3.06. The zero-order valence-corrected chi connectivity index (χ0v) is 16.0. The molecule has 2 atom stereocenters. The third-order valence-electron chi connectivity index (χ3n) is 5.43. The first-order valence-electron chi connectivity index (χ1n) is 9.50. The Balaban J connectivity index is 0.000000242. The molecule has 0 aromatic heterocycles. The molecule has 2 aliphatic carbocycles. The van der Waals surface area contributed by atoms with Gasteiger partial charge in [0, 0.05) is 47.6 Å². The fraction of sp³-hybridized carbons (Fsp3) is 0.364. The lowest BCUT2D eigenvalue weighted by Gasteiger charge is -2.39. The molecule has 2 unspecified atom stereocenters. The Morgan fingerprint density at radius 1 is 1.29 bits per heavy atom. The lowest BCUT2D eigenvalue weighted by molar-refractivity contribution is -0.134. The van der Waals surface area contributed by atoms with Crippen LogP contribution in [-0.4, -0.2) is 34.7 Å². The molecule has 28 heavy (non-hydrogen) atoms. The highest BCUT2D eigenvalue weighted by Gasteiger charge is 2.38. The first kappa shape index (κ1) is 19.7. The van der Waals surface area contributed by atoms with Crippen molar-refractivity contribution in [1.82, 2.24) is 10.6 Å². The van der Waals surface area contributed by atoms with E-state index in [0.717, 1.165) is 13.0 Å². The van der Waals surface area contributed by atoms with Crippen molar-refractivity contribution in [2.45, 2.75) is 38.6 Å². The molecular formula is C22H26N2O4. The number of carboxylic acids is 2. The molecule has 2 aliphatic heterocycles. The van der Waals surface area contributed by atoms with Gasteiger partial charge in [-0.3, -0.25) is 0 Å². The van der Waals surface area contributed by atoms with E-state index in [1.54, 1.807) is 22.3 Å². The maximum atomic E-state index is 9.55. The molecule has 6 heteroatoms. The number of hydrogen-bond acceptors (Lipinski definition) is 4. The molecule has 4 rings (SSSR count). The van der Waals surface area contributed by atoms with E-state index < -0.39 is 11.9 Å². The first-order chi connectivity index (χ1) is 13.4.